The number of hydrogen-bond acceptors (Lipinski definition) is 5. The molecule has 3 aromatic rings. The molecule has 0 spiro atoms. The van der Waals surface area contributed by atoms with E-state index in [4.69, 9.17) is 9.72 Å². The summed E-state index contributed by atoms with van der Waals surface area (Å²) in [7, 11) is 0. The Balaban J connectivity index is 1.27. The van der Waals surface area contributed by atoms with E-state index in [1.54, 1.807) is 11.3 Å². The van der Waals surface area contributed by atoms with Crippen LogP contribution in [0.1, 0.15) is 31.5 Å². The molecule has 1 fully saturated rings. The summed E-state index contributed by atoms with van der Waals surface area (Å²) < 4.78 is 5.88. The van der Waals surface area contributed by atoms with Crippen LogP contribution in [0, 0.1) is 0 Å². The average Bonchev–Trinajstić information content (AvgIpc) is 3.21. The van der Waals surface area contributed by atoms with E-state index in [0.717, 1.165) is 54.9 Å². The van der Waals surface area contributed by atoms with Gasteiger partial charge in [-0.05, 0) is 11.5 Å². The Morgan fingerprint density at radius 1 is 1.07 bits per heavy atom. The van der Waals surface area contributed by atoms with Crippen LogP contribution in [-0.2, 0) is 16.8 Å². The SMILES string of the molecule is CC(C)(C)c1nc(CN2CCN(C(=O)COc3cccc4ccccc34)CC2)cs1. The predicted molar refractivity (Wildman–Crippen MR) is 122 cm³/mol. The number of aromatic nitrogens is 1. The van der Waals surface area contributed by atoms with Crippen LogP contribution < -0.4 is 4.74 Å². The summed E-state index contributed by atoms with van der Waals surface area (Å²) in [6.45, 7) is 10.7. The minimum absolute atomic E-state index is 0.0475. The molecule has 0 saturated carbocycles. The Kier molecular flexibility index (Phi) is 6.06. The fourth-order valence-corrected chi connectivity index (χ4v) is 4.56. The summed E-state index contributed by atoms with van der Waals surface area (Å²) in [4.78, 5) is 21.7. The van der Waals surface area contributed by atoms with Gasteiger partial charge in [-0.15, -0.1) is 11.3 Å². The minimum atomic E-state index is 0.0475. The number of amides is 1. The molecule has 1 aromatic heterocycles. The van der Waals surface area contributed by atoms with E-state index in [1.165, 1.54) is 5.01 Å². The molecule has 158 valence electrons. The summed E-state index contributed by atoms with van der Waals surface area (Å²) in [6.07, 6.45) is 0. The maximum Gasteiger partial charge on any atom is 0.260 e. The third-order valence-electron chi connectivity index (χ3n) is 5.40. The van der Waals surface area contributed by atoms with E-state index < -0.39 is 0 Å². The number of hydrogen-bond donors (Lipinski definition) is 0. The first-order valence-corrected chi connectivity index (χ1v) is 11.3. The Bertz CT molecular complexity index is 1010. The van der Waals surface area contributed by atoms with Gasteiger partial charge in [-0.2, -0.15) is 0 Å². The highest BCUT2D eigenvalue weighted by molar-refractivity contribution is 7.09. The Morgan fingerprint density at radius 2 is 1.80 bits per heavy atom. The first kappa shape index (κ1) is 20.8. The summed E-state index contributed by atoms with van der Waals surface area (Å²) in [5.41, 5.74) is 1.22. The monoisotopic (exact) mass is 423 g/mol. The van der Waals surface area contributed by atoms with Crippen LogP contribution in [0.15, 0.2) is 47.8 Å². The Hall–Kier alpha value is -2.44. The zero-order valence-corrected chi connectivity index (χ0v) is 18.7. The number of nitrogens with zero attached hydrogens (tertiary/aromatic N) is 3. The first-order valence-electron chi connectivity index (χ1n) is 10.5. The molecule has 30 heavy (non-hydrogen) atoms. The first-order chi connectivity index (χ1) is 14.4. The quantitative estimate of drug-likeness (QED) is 0.613. The van der Waals surface area contributed by atoms with E-state index in [0.29, 0.717) is 0 Å². The molecule has 1 aliphatic heterocycles. The van der Waals surface area contributed by atoms with Crippen LogP contribution in [0.3, 0.4) is 0 Å². The third kappa shape index (κ3) is 4.82. The molecule has 0 N–H and O–H groups in total. The number of ether oxygens (including phenoxy) is 1. The summed E-state index contributed by atoms with van der Waals surface area (Å²) in [5, 5.41) is 5.50. The molecule has 0 unspecified atom stereocenters. The van der Waals surface area contributed by atoms with Gasteiger partial charge in [0.1, 0.15) is 5.75 Å². The molecule has 2 aromatic carbocycles. The Morgan fingerprint density at radius 3 is 2.53 bits per heavy atom. The second-order valence-corrected chi connectivity index (χ2v) is 9.67. The van der Waals surface area contributed by atoms with Gasteiger partial charge in [-0.1, -0.05) is 57.2 Å². The van der Waals surface area contributed by atoms with Gasteiger partial charge >= 0.3 is 0 Å². The molecule has 5 nitrogen and oxygen atoms in total. The van der Waals surface area contributed by atoms with Crippen LogP contribution in [-0.4, -0.2) is 53.5 Å². The van der Waals surface area contributed by atoms with E-state index in [2.05, 4.69) is 43.2 Å². The highest BCUT2D eigenvalue weighted by Crippen LogP contribution is 2.27. The molecule has 6 heteroatoms. The lowest BCUT2D eigenvalue weighted by Crippen LogP contribution is -2.49. The van der Waals surface area contributed by atoms with Gasteiger partial charge in [-0.25, -0.2) is 4.98 Å². The Labute approximate surface area is 182 Å². The number of benzene rings is 2. The highest BCUT2D eigenvalue weighted by atomic mass is 32.1. The largest absolute Gasteiger partial charge is 0.483 e. The lowest BCUT2D eigenvalue weighted by Gasteiger charge is -2.34. The standard InChI is InChI=1S/C24H29N3O2S/c1-24(2,3)23-25-19(17-30-23)15-26-11-13-27(14-12-26)22(28)16-29-21-10-6-8-18-7-4-5-9-20(18)21/h4-10,17H,11-16H2,1-3H3. The minimum Gasteiger partial charge on any atom is -0.483 e. The summed E-state index contributed by atoms with van der Waals surface area (Å²) in [6, 6.07) is 14.0. The zero-order valence-electron chi connectivity index (χ0n) is 17.9. The van der Waals surface area contributed by atoms with Crippen molar-refractivity contribution in [3.8, 4) is 5.75 Å². The molecule has 1 aliphatic rings. The van der Waals surface area contributed by atoms with Crippen LogP contribution in [0.5, 0.6) is 5.75 Å². The van der Waals surface area contributed by atoms with Gasteiger partial charge in [0, 0.05) is 48.9 Å². The third-order valence-corrected chi connectivity index (χ3v) is 6.72. The molecule has 1 amide bonds. The van der Waals surface area contributed by atoms with E-state index >= 15 is 0 Å². The fourth-order valence-electron chi connectivity index (χ4n) is 3.66. The number of carbonyl (C=O) groups is 1. The van der Waals surface area contributed by atoms with E-state index in [1.807, 2.05) is 35.2 Å². The fraction of sp³-hybridized carbons (Fsp3) is 0.417. The predicted octanol–water partition coefficient (Wildman–Crippen LogP) is 4.32. The van der Waals surface area contributed by atoms with Crippen molar-refractivity contribution in [1.29, 1.82) is 0 Å². The van der Waals surface area contributed by atoms with E-state index in [-0.39, 0.29) is 17.9 Å². The molecule has 4 rings (SSSR count). The molecule has 0 atom stereocenters. The summed E-state index contributed by atoms with van der Waals surface area (Å²) >= 11 is 1.74. The van der Waals surface area contributed by atoms with Crippen molar-refractivity contribution in [3.63, 3.8) is 0 Å². The number of piperazine rings is 1. The second-order valence-electron chi connectivity index (χ2n) is 8.82. The van der Waals surface area contributed by atoms with Crippen LogP contribution in [0.25, 0.3) is 10.8 Å². The van der Waals surface area contributed by atoms with Crippen LogP contribution >= 0.6 is 11.3 Å². The van der Waals surface area contributed by atoms with E-state index in [9.17, 15) is 4.79 Å². The highest BCUT2D eigenvalue weighted by Gasteiger charge is 2.23. The number of fused-ring (bicyclic) bond motifs is 1. The van der Waals surface area contributed by atoms with Gasteiger partial charge < -0.3 is 9.64 Å². The van der Waals surface area contributed by atoms with Gasteiger partial charge in [0.25, 0.3) is 5.91 Å². The molecule has 0 aliphatic carbocycles. The maximum atomic E-state index is 12.7. The zero-order chi connectivity index (χ0) is 21.1. The van der Waals surface area contributed by atoms with Crippen molar-refractivity contribution < 1.29 is 9.53 Å². The summed E-state index contributed by atoms with van der Waals surface area (Å²) in [5.74, 6) is 0.810. The van der Waals surface area contributed by atoms with Crippen molar-refractivity contribution in [2.45, 2.75) is 32.7 Å². The molecule has 0 radical (unpaired) electrons. The van der Waals surface area contributed by atoms with Gasteiger partial charge in [0.15, 0.2) is 6.61 Å². The molecule has 2 heterocycles. The number of rotatable bonds is 5. The topological polar surface area (TPSA) is 45.7 Å². The van der Waals surface area contributed by atoms with Crippen molar-refractivity contribution in [3.05, 3.63) is 58.5 Å². The number of carbonyl (C=O) groups excluding carboxylic acids is 1. The average molecular weight is 424 g/mol. The molecular formula is C24H29N3O2S. The molecule has 0 bridgehead atoms. The smallest absolute Gasteiger partial charge is 0.260 e. The molecular weight excluding hydrogens is 394 g/mol. The van der Waals surface area contributed by atoms with Crippen molar-refractivity contribution in [2.75, 3.05) is 32.8 Å². The van der Waals surface area contributed by atoms with Crippen molar-refractivity contribution in [2.24, 2.45) is 0 Å². The normalized spacial score (nSPS) is 15.5. The molecule has 1 saturated heterocycles. The number of thiazole rings is 1. The van der Waals surface area contributed by atoms with Gasteiger partial charge in [-0.3, -0.25) is 9.69 Å². The van der Waals surface area contributed by atoms with Crippen molar-refractivity contribution in [1.82, 2.24) is 14.8 Å². The lowest BCUT2D eigenvalue weighted by atomic mass is 9.98. The van der Waals surface area contributed by atoms with Crippen LogP contribution in [0.4, 0.5) is 0 Å². The van der Waals surface area contributed by atoms with Gasteiger partial charge in [0.05, 0.1) is 10.7 Å². The van der Waals surface area contributed by atoms with Crippen molar-refractivity contribution >= 4 is 28.0 Å². The lowest BCUT2D eigenvalue weighted by molar-refractivity contribution is -0.135. The second kappa shape index (κ2) is 8.74. The van der Waals surface area contributed by atoms with Crippen LogP contribution in [0.2, 0.25) is 0 Å². The van der Waals surface area contributed by atoms with Gasteiger partial charge in [0.2, 0.25) is 0 Å². The maximum absolute atomic E-state index is 12.7.